The first kappa shape index (κ1) is 13.7. The van der Waals surface area contributed by atoms with Gasteiger partial charge in [0.25, 0.3) is 0 Å². The first-order chi connectivity index (χ1) is 8.56. The Morgan fingerprint density at radius 3 is 2.67 bits per heavy atom. The van der Waals surface area contributed by atoms with Crippen LogP contribution in [0.1, 0.15) is 6.92 Å². The molecule has 0 aliphatic heterocycles. The predicted molar refractivity (Wildman–Crippen MR) is 82.3 cm³/mol. The van der Waals surface area contributed by atoms with Gasteiger partial charge in [0, 0.05) is 15.4 Å². The number of nitrogens with one attached hydrogen (secondary N) is 1. The Kier molecular flexibility index (Phi) is 4.53. The SMILES string of the molecule is CC(Br)C(=O)Nc1nc(-c2ccc(Br)cc2)cs1. The van der Waals surface area contributed by atoms with Crippen LogP contribution in [0, 0.1) is 0 Å². The summed E-state index contributed by atoms with van der Waals surface area (Å²) in [5.41, 5.74) is 1.90. The first-order valence-electron chi connectivity index (χ1n) is 5.22. The summed E-state index contributed by atoms with van der Waals surface area (Å²) in [6, 6.07) is 7.90. The number of anilines is 1. The second-order valence-electron chi connectivity index (χ2n) is 3.65. The van der Waals surface area contributed by atoms with Gasteiger partial charge < -0.3 is 5.32 Å². The number of thiazole rings is 1. The van der Waals surface area contributed by atoms with Crippen LogP contribution in [0.5, 0.6) is 0 Å². The molecule has 1 aromatic heterocycles. The molecule has 2 aromatic rings. The molecule has 1 atom stereocenters. The fourth-order valence-corrected chi connectivity index (χ4v) is 2.39. The molecular weight excluding hydrogens is 380 g/mol. The van der Waals surface area contributed by atoms with Crippen LogP contribution in [0.25, 0.3) is 11.3 Å². The van der Waals surface area contributed by atoms with Crippen LogP contribution in [0.2, 0.25) is 0 Å². The molecule has 1 amide bonds. The second-order valence-corrected chi connectivity index (χ2v) is 6.80. The number of carbonyl (C=O) groups is 1. The molecule has 0 aliphatic rings. The van der Waals surface area contributed by atoms with Crippen LogP contribution in [-0.4, -0.2) is 15.7 Å². The van der Waals surface area contributed by atoms with Crippen LogP contribution < -0.4 is 5.32 Å². The number of benzene rings is 1. The fraction of sp³-hybridized carbons (Fsp3) is 0.167. The zero-order chi connectivity index (χ0) is 13.1. The van der Waals surface area contributed by atoms with E-state index in [2.05, 4.69) is 42.2 Å². The minimum atomic E-state index is -0.225. The number of carbonyl (C=O) groups excluding carboxylic acids is 1. The van der Waals surface area contributed by atoms with Gasteiger partial charge in [-0.05, 0) is 19.1 Å². The molecule has 1 aromatic carbocycles. The molecule has 0 saturated heterocycles. The highest BCUT2D eigenvalue weighted by Crippen LogP contribution is 2.26. The zero-order valence-electron chi connectivity index (χ0n) is 9.48. The monoisotopic (exact) mass is 388 g/mol. The van der Waals surface area contributed by atoms with Crippen LogP contribution >= 0.6 is 43.2 Å². The average Bonchev–Trinajstić information content (AvgIpc) is 2.78. The Morgan fingerprint density at radius 1 is 1.39 bits per heavy atom. The minimum absolute atomic E-state index is 0.0910. The van der Waals surface area contributed by atoms with Gasteiger partial charge in [0.15, 0.2) is 5.13 Å². The lowest BCUT2D eigenvalue weighted by Crippen LogP contribution is -2.19. The van der Waals surface area contributed by atoms with Crippen LogP contribution in [0.4, 0.5) is 5.13 Å². The Balaban J connectivity index is 2.15. The predicted octanol–water partition coefficient (Wildman–Crippen LogP) is 4.29. The minimum Gasteiger partial charge on any atom is -0.301 e. The molecule has 3 nitrogen and oxygen atoms in total. The number of halogens is 2. The van der Waals surface area contributed by atoms with E-state index in [1.807, 2.05) is 29.6 Å². The molecular formula is C12H10Br2N2OS. The van der Waals surface area contributed by atoms with Crippen LogP contribution in [0.15, 0.2) is 34.1 Å². The topological polar surface area (TPSA) is 42.0 Å². The molecule has 94 valence electrons. The van der Waals surface area contributed by atoms with E-state index in [0.29, 0.717) is 5.13 Å². The van der Waals surface area contributed by atoms with E-state index in [4.69, 9.17) is 0 Å². The maximum absolute atomic E-state index is 11.5. The van der Waals surface area contributed by atoms with Crippen LogP contribution in [-0.2, 0) is 4.79 Å². The third-order valence-electron chi connectivity index (χ3n) is 2.24. The van der Waals surface area contributed by atoms with Crippen molar-refractivity contribution in [1.29, 1.82) is 0 Å². The van der Waals surface area contributed by atoms with Crippen molar-refractivity contribution >= 4 is 54.2 Å². The van der Waals surface area contributed by atoms with Crippen molar-refractivity contribution < 1.29 is 4.79 Å². The molecule has 2 rings (SSSR count). The van der Waals surface area contributed by atoms with Gasteiger partial charge in [-0.3, -0.25) is 4.79 Å². The molecule has 0 spiro atoms. The lowest BCUT2D eigenvalue weighted by molar-refractivity contribution is -0.115. The number of hydrogen-bond donors (Lipinski definition) is 1. The van der Waals surface area contributed by atoms with E-state index in [1.54, 1.807) is 6.92 Å². The summed E-state index contributed by atoms with van der Waals surface area (Å²) in [5, 5.41) is 5.30. The Hall–Kier alpha value is -0.720. The molecule has 0 bridgehead atoms. The van der Waals surface area contributed by atoms with Crippen molar-refractivity contribution in [2.75, 3.05) is 5.32 Å². The number of nitrogens with zero attached hydrogens (tertiary/aromatic N) is 1. The highest BCUT2D eigenvalue weighted by atomic mass is 79.9. The third-order valence-corrected chi connectivity index (χ3v) is 3.94. The standard InChI is InChI=1S/C12H10Br2N2OS/c1-7(13)11(17)16-12-15-10(6-18-12)8-2-4-9(14)5-3-8/h2-7H,1H3,(H,15,16,17). The van der Waals surface area contributed by atoms with E-state index in [0.717, 1.165) is 15.7 Å². The maximum atomic E-state index is 11.5. The summed E-state index contributed by atoms with van der Waals surface area (Å²) in [6.07, 6.45) is 0. The van der Waals surface area contributed by atoms with Gasteiger partial charge in [-0.25, -0.2) is 4.98 Å². The van der Waals surface area contributed by atoms with Gasteiger partial charge in [0.2, 0.25) is 5.91 Å². The lowest BCUT2D eigenvalue weighted by Gasteiger charge is -2.02. The third kappa shape index (κ3) is 3.40. The molecule has 0 saturated carbocycles. The Bertz CT molecular complexity index is 551. The van der Waals surface area contributed by atoms with E-state index in [-0.39, 0.29) is 10.7 Å². The summed E-state index contributed by atoms with van der Waals surface area (Å²) < 4.78 is 1.03. The maximum Gasteiger partial charge on any atom is 0.239 e. The number of alkyl halides is 1. The number of aromatic nitrogens is 1. The van der Waals surface area contributed by atoms with Crippen molar-refractivity contribution in [3.05, 3.63) is 34.1 Å². The van der Waals surface area contributed by atoms with Gasteiger partial charge >= 0.3 is 0 Å². The van der Waals surface area contributed by atoms with E-state index in [9.17, 15) is 4.79 Å². The van der Waals surface area contributed by atoms with E-state index < -0.39 is 0 Å². The van der Waals surface area contributed by atoms with Gasteiger partial charge in [0.05, 0.1) is 10.5 Å². The molecule has 18 heavy (non-hydrogen) atoms. The van der Waals surface area contributed by atoms with Crippen molar-refractivity contribution in [3.8, 4) is 11.3 Å². The summed E-state index contributed by atoms with van der Waals surface area (Å²) in [5.74, 6) is -0.0910. The number of rotatable bonds is 3. The summed E-state index contributed by atoms with van der Waals surface area (Å²) in [6.45, 7) is 1.78. The van der Waals surface area contributed by atoms with E-state index >= 15 is 0 Å². The molecule has 6 heteroatoms. The smallest absolute Gasteiger partial charge is 0.239 e. The van der Waals surface area contributed by atoms with Gasteiger partial charge in [-0.2, -0.15) is 0 Å². The second kappa shape index (κ2) is 5.95. The fourth-order valence-electron chi connectivity index (χ4n) is 1.29. The van der Waals surface area contributed by atoms with Crippen molar-refractivity contribution in [2.24, 2.45) is 0 Å². The molecule has 0 fully saturated rings. The quantitative estimate of drug-likeness (QED) is 0.795. The van der Waals surface area contributed by atoms with Crippen LogP contribution in [0.3, 0.4) is 0 Å². The molecule has 1 heterocycles. The number of hydrogen-bond acceptors (Lipinski definition) is 3. The van der Waals surface area contributed by atoms with Crippen molar-refractivity contribution in [1.82, 2.24) is 4.98 Å². The summed E-state index contributed by atoms with van der Waals surface area (Å²) in [7, 11) is 0. The lowest BCUT2D eigenvalue weighted by atomic mass is 10.2. The van der Waals surface area contributed by atoms with Crippen molar-refractivity contribution in [2.45, 2.75) is 11.8 Å². The highest BCUT2D eigenvalue weighted by Gasteiger charge is 2.11. The zero-order valence-corrected chi connectivity index (χ0v) is 13.5. The van der Waals surface area contributed by atoms with Gasteiger partial charge in [-0.15, -0.1) is 11.3 Å². The van der Waals surface area contributed by atoms with Gasteiger partial charge in [0.1, 0.15) is 0 Å². The van der Waals surface area contributed by atoms with E-state index in [1.165, 1.54) is 11.3 Å². The van der Waals surface area contributed by atoms with Gasteiger partial charge in [-0.1, -0.05) is 44.0 Å². The highest BCUT2D eigenvalue weighted by molar-refractivity contribution is 9.10. The summed E-state index contributed by atoms with van der Waals surface area (Å²) >= 11 is 8.03. The number of amides is 1. The Labute approximate surface area is 126 Å². The first-order valence-corrected chi connectivity index (χ1v) is 7.81. The average molecular weight is 390 g/mol. The molecule has 1 N–H and O–H groups in total. The summed E-state index contributed by atoms with van der Waals surface area (Å²) in [4.78, 5) is 15.7. The van der Waals surface area contributed by atoms with Crippen molar-refractivity contribution in [3.63, 3.8) is 0 Å². The normalized spacial score (nSPS) is 12.2. The molecule has 0 aliphatic carbocycles. The molecule has 1 unspecified atom stereocenters. The Morgan fingerprint density at radius 2 is 2.06 bits per heavy atom. The molecule has 0 radical (unpaired) electrons. The largest absolute Gasteiger partial charge is 0.301 e.